The minimum Gasteiger partial charge on any atom is -0.454 e. The van der Waals surface area contributed by atoms with E-state index in [1.807, 2.05) is 6.07 Å². The molecule has 1 aromatic carbocycles. The smallest absolute Gasteiger partial charge is 0.231 e. The first kappa shape index (κ1) is 19.8. The summed E-state index contributed by atoms with van der Waals surface area (Å²) in [5.74, 6) is 2.52. The minimum absolute atomic E-state index is 0.0173. The third-order valence-electron chi connectivity index (χ3n) is 4.98. The average molecular weight is 377 g/mol. The molecular formula is C20H32N4O3. The predicted octanol–water partition coefficient (Wildman–Crippen LogP) is 1.62. The molecule has 0 amide bonds. The lowest BCUT2D eigenvalue weighted by molar-refractivity contribution is -0.00683. The topological polar surface area (TPSA) is 67.4 Å². The van der Waals surface area contributed by atoms with E-state index < -0.39 is 0 Å². The molecule has 2 aliphatic rings. The van der Waals surface area contributed by atoms with Gasteiger partial charge in [0.15, 0.2) is 17.5 Å². The monoisotopic (exact) mass is 376 g/mol. The Labute approximate surface area is 162 Å². The summed E-state index contributed by atoms with van der Waals surface area (Å²) in [4.78, 5) is 7.27. The lowest BCUT2D eigenvalue weighted by atomic mass is 10.0. The van der Waals surface area contributed by atoms with Crippen LogP contribution in [0.2, 0.25) is 0 Å². The van der Waals surface area contributed by atoms with Gasteiger partial charge in [-0.25, -0.2) is 0 Å². The molecule has 150 valence electrons. The fraction of sp³-hybridized carbons (Fsp3) is 0.650. The summed E-state index contributed by atoms with van der Waals surface area (Å²) in [7, 11) is 0. The maximum atomic E-state index is 5.46. The number of guanidine groups is 1. The molecule has 1 fully saturated rings. The van der Waals surface area contributed by atoms with E-state index in [2.05, 4.69) is 48.4 Å². The van der Waals surface area contributed by atoms with Crippen molar-refractivity contribution >= 4 is 5.96 Å². The Hall–Kier alpha value is -1.99. The molecule has 27 heavy (non-hydrogen) atoms. The van der Waals surface area contributed by atoms with Crippen molar-refractivity contribution in [3.63, 3.8) is 0 Å². The number of nitrogens with one attached hydrogen (secondary N) is 2. The van der Waals surface area contributed by atoms with Crippen molar-refractivity contribution in [3.8, 4) is 11.5 Å². The Morgan fingerprint density at radius 2 is 1.93 bits per heavy atom. The number of fused-ring (bicyclic) bond motifs is 1. The van der Waals surface area contributed by atoms with Gasteiger partial charge in [-0.15, -0.1) is 0 Å². The Balaban J connectivity index is 1.51. The van der Waals surface area contributed by atoms with Crippen LogP contribution in [0.25, 0.3) is 0 Å². The molecule has 0 aromatic heterocycles. The van der Waals surface area contributed by atoms with Crippen LogP contribution in [-0.4, -0.2) is 69.1 Å². The fourth-order valence-electron chi connectivity index (χ4n) is 3.30. The van der Waals surface area contributed by atoms with Gasteiger partial charge in [-0.1, -0.05) is 6.07 Å². The second-order valence-corrected chi connectivity index (χ2v) is 7.47. The number of rotatable bonds is 7. The zero-order chi connectivity index (χ0) is 19.1. The number of ether oxygens (including phenoxy) is 3. The number of hydrogen-bond donors (Lipinski definition) is 2. The van der Waals surface area contributed by atoms with Crippen molar-refractivity contribution in [2.75, 3.05) is 52.7 Å². The summed E-state index contributed by atoms with van der Waals surface area (Å²) in [6.45, 7) is 12.8. The molecule has 1 saturated heterocycles. The quantitative estimate of drug-likeness (QED) is 0.557. The van der Waals surface area contributed by atoms with Gasteiger partial charge in [0.2, 0.25) is 6.79 Å². The lowest BCUT2D eigenvalue weighted by Crippen LogP contribution is -2.52. The summed E-state index contributed by atoms with van der Waals surface area (Å²) in [6.07, 6.45) is 0.897. The van der Waals surface area contributed by atoms with E-state index >= 15 is 0 Å². The van der Waals surface area contributed by atoms with Crippen LogP contribution in [0.3, 0.4) is 0 Å². The van der Waals surface area contributed by atoms with Crippen molar-refractivity contribution < 1.29 is 14.2 Å². The lowest BCUT2D eigenvalue weighted by Gasteiger charge is -2.39. The van der Waals surface area contributed by atoms with Crippen LogP contribution in [0.4, 0.5) is 0 Å². The first-order valence-electron chi connectivity index (χ1n) is 9.82. The minimum atomic E-state index is 0.0173. The highest BCUT2D eigenvalue weighted by Gasteiger charge is 2.28. The summed E-state index contributed by atoms with van der Waals surface area (Å²) in [5, 5.41) is 6.77. The van der Waals surface area contributed by atoms with Crippen molar-refractivity contribution in [3.05, 3.63) is 23.8 Å². The highest BCUT2D eigenvalue weighted by Crippen LogP contribution is 2.32. The van der Waals surface area contributed by atoms with Crippen molar-refractivity contribution in [2.45, 2.75) is 32.7 Å². The zero-order valence-corrected chi connectivity index (χ0v) is 16.7. The highest BCUT2D eigenvalue weighted by molar-refractivity contribution is 5.79. The summed E-state index contributed by atoms with van der Waals surface area (Å²) < 4.78 is 16.3. The molecule has 0 spiro atoms. The Kier molecular flexibility index (Phi) is 6.79. The molecule has 0 aliphatic carbocycles. The molecule has 0 bridgehead atoms. The second-order valence-electron chi connectivity index (χ2n) is 7.47. The fourth-order valence-corrected chi connectivity index (χ4v) is 3.30. The van der Waals surface area contributed by atoms with E-state index in [1.54, 1.807) is 0 Å². The van der Waals surface area contributed by atoms with Crippen LogP contribution >= 0.6 is 0 Å². The SMILES string of the molecule is CCNC(=NCC(C)(C)N1CCOCC1)NCCc1ccc2c(c1)OCO2. The molecule has 2 heterocycles. The molecule has 2 N–H and O–H groups in total. The van der Waals surface area contributed by atoms with Gasteiger partial charge in [0.05, 0.1) is 19.8 Å². The standard InChI is InChI=1S/C20H32N4O3/c1-4-21-19(23-14-20(2,3)24-9-11-25-12-10-24)22-8-7-16-5-6-17-18(13-16)27-15-26-17/h5-6,13H,4,7-12,14-15H2,1-3H3,(H2,21,22,23). The van der Waals surface area contributed by atoms with E-state index in [0.717, 1.165) is 69.8 Å². The van der Waals surface area contributed by atoms with Crippen molar-refractivity contribution in [2.24, 2.45) is 4.99 Å². The zero-order valence-electron chi connectivity index (χ0n) is 16.7. The van der Waals surface area contributed by atoms with Gasteiger partial charge in [0.1, 0.15) is 0 Å². The first-order valence-corrected chi connectivity index (χ1v) is 9.82. The maximum absolute atomic E-state index is 5.46. The first-order chi connectivity index (χ1) is 13.1. The number of benzene rings is 1. The number of hydrogen-bond acceptors (Lipinski definition) is 5. The van der Waals surface area contributed by atoms with Crippen LogP contribution in [0, 0.1) is 0 Å². The van der Waals surface area contributed by atoms with Gasteiger partial charge in [-0.3, -0.25) is 9.89 Å². The third kappa shape index (κ3) is 5.49. The van der Waals surface area contributed by atoms with Gasteiger partial charge in [-0.05, 0) is 44.9 Å². The van der Waals surface area contributed by atoms with Gasteiger partial charge in [0.25, 0.3) is 0 Å². The molecule has 7 heteroatoms. The summed E-state index contributed by atoms with van der Waals surface area (Å²) in [5.41, 5.74) is 1.24. The third-order valence-corrected chi connectivity index (χ3v) is 4.98. The molecular weight excluding hydrogens is 344 g/mol. The molecule has 7 nitrogen and oxygen atoms in total. The van der Waals surface area contributed by atoms with E-state index in [9.17, 15) is 0 Å². The molecule has 0 radical (unpaired) electrons. The largest absolute Gasteiger partial charge is 0.454 e. The predicted molar refractivity (Wildman–Crippen MR) is 107 cm³/mol. The molecule has 3 rings (SSSR count). The number of nitrogens with zero attached hydrogens (tertiary/aromatic N) is 2. The molecule has 1 aromatic rings. The number of morpholine rings is 1. The molecule has 0 saturated carbocycles. The Morgan fingerprint density at radius 1 is 1.15 bits per heavy atom. The van der Waals surface area contributed by atoms with Crippen LogP contribution in [0.5, 0.6) is 11.5 Å². The van der Waals surface area contributed by atoms with E-state index in [0.29, 0.717) is 6.79 Å². The molecule has 0 unspecified atom stereocenters. The highest BCUT2D eigenvalue weighted by atomic mass is 16.7. The maximum Gasteiger partial charge on any atom is 0.231 e. The van der Waals surface area contributed by atoms with Crippen LogP contribution < -0.4 is 20.1 Å². The van der Waals surface area contributed by atoms with E-state index in [4.69, 9.17) is 19.2 Å². The molecule has 2 aliphatic heterocycles. The van der Waals surface area contributed by atoms with Gasteiger partial charge in [-0.2, -0.15) is 0 Å². The van der Waals surface area contributed by atoms with E-state index in [1.165, 1.54) is 5.56 Å². The summed E-state index contributed by atoms with van der Waals surface area (Å²) >= 11 is 0. The van der Waals surface area contributed by atoms with Gasteiger partial charge < -0.3 is 24.8 Å². The normalized spacial score (nSPS) is 17.8. The van der Waals surface area contributed by atoms with Crippen LogP contribution in [0.1, 0.15) is 26.3 Å². The van der Waals surface area contributed by atoms with Crippen molar-refractivity contribution in [1.29, 1.82) is 0 Å². The van der Waals surface area contributed by atoms with Crippen molar-refractivity contribution in [1.82, 2.24) is 15.5 Å². The van der Waals surface area contributed by atoms with Crippen LogP contribution in [-0.2, 0) is 11.2 Å². The van der Waals surface area contributed by atoms with Gasteiger partial charge in [0, 0.05) is 31.7 Å². The van der Waals surface area contributed by atoms with Gasteiger partial charge >= 0.3 is 0 Å². The van der Waals surface area contributed by atoms with Crippen LogP contribution in [0.15, 0.2) is 23.2 Å². The molecule has 0 atom stereocenters. The Morgan fingerprint density at radius 3 is 2.70 bits per heavy atom. The van der Waals surface area contributed by atoms with E-state index in [-0.39, 0.29) is 5.54 Å². The second kappa shape index (κ2) is 9.28. The average Bonchev–Trinajstić information content (AvgIpc) is 3.15. The number of aliphatic imine (C=N–C) groups is 1. The Bertz CT molecular complexity index is 642. The summed E-state index contributed by atoms with van der Waals surface area (Å²) in [6, 6.07) is 6.11.